The molecule has 1 N–H and O–H groups in total. The molecule has 0 radical (unpaired) electrons. The lowest BCUT2D eigenvalue weighted by atomic mass is 10.3. The van der Waals surface area contributed by atoms with Crippen LogP contribution >= 0.6 is 15.9 Å². The fraction of sp³-hybridized carbons (Fsp3) is 0.235. The molecule has 2 heterocycles. The van der Waals surface area contributed by atoms with Crippen LogP contribution in [0.1, 0.15) is 11.4 Å². The number of rotatable bonds is 7. The third-order valence-electron chi connectivity index (χ3n) is 4.01. The zero-order valence-electron chi connectivity index (χ0n) is 15.8. The van der Waals surface area contributed by atoms with Crippen LogP contribution in [0.15, 0.2) is 41.1 Å². The molecule has 0 saturated heterocycles. The molecule has 0 saturated carbocycles. The lowest BCUT2D eigenvalue weighted by Gasteiger charge is -2.06. The van der Waals surface area contributed by atoms with Crippen molar-refractivity contribution in [3.05, 3.63) is 62.6 Å². The molecular weight excluding hydrogens is 489 g/mol. The standard InChI is InChI=1S/C17H14BrF3N6O4/c1-10-15(27(29)30)16(17(19,20)21)24-26(10)8-14(28)23-12-6-22-25(7-12)9-31-13-4-2-11(18)3-5-13/h2-7H,8-9H2,1H3,(H,23,28). The van der Waals surface area contributed by atoms with Crippen LogP contribution in [0.4, 0.5) is 24.5 Å². The molecule has 0 aliphatic rings. The van der Waals surface area contributed by atoms with Crippen molar-refractivity contribution >= 4 is 33.2 Å². The van der Waals surface area contributed by atoms with E-state index in [4.69, 9.17) is 4.74 Å². The number of nitrogens with zero attached hydrogens (tertiary/aromatic N) is 5. The molecule has 10 nitrogen and oxygen atoms in total. The summed E-state index contributed by atoms with van der Waals surface area (Å²) in [5, 5.41) is 20.6. The number of nitro groups is 1. The molecule has 3 aromatic rings. The smallest absolute Gasteiger partial charge is 0.442 e. The predicted octanol–water partition coefficient (Wildman–Crippen LogP) is 3.75. The molecule has 3 rings (SSSR count). The average molecular weight is 503 g/mol. The second-order valence-electron chi connectivity index (χ2n) is 6.24. The maximum atomic E-state index is 13.0. The molecule has 0 atom stereocenters. The van der Waals surface area contributed by atoms with E-state index >= 15 is 0 Å². The number of nitrogens with one attached hydrogen (secondary N) is 1. The van der Waals surface area contributed by atoms with Crippen LogP contribution in [0.3, 0.4) is 0 Å². The third kappa shape index (κ3) is 5.39. The summed E-state index contributed by atoms with van der Waals surface area (Å²) in [4.78, 5) is 22.0. The van der Waals surface area contributed by atoms with Gasteiger partial charge in [-0.15, -0.1) is 0 Å². The van der Waals surface area contributed by atoms with Crippen LogP contribution in [0.2, 0.25) is 0 Å². The molecule has 0 aliphatic carbocycles. The average Bonchev–Trinajstić information content (AvgIpc) is 3.25. The second kappa shape index (κ2) is 8.75. The molecule has 31 heavy (non-hydrogen) atoms. The van der Waals surface area contributed by atoms with Gasteiger partial charge in [0.15, 0.2) is 6.73 Å². The summed E-state index contributed by atoms with van der Waals surface area (Å²) in [5.41, 5.74) is -2.95. The molecular formula is C17H14BrF3N6O4. The molecule has 1 amide bonds. The van der Waals surface area contributed by atoms with Crippen molar-refractivity contribution in [2.45, 2.75) is 26.4 Å². The molecule has 0 fully saturated rings. The van der Waals surface area contributed by atoms with Crippen molar-refractivity contribution in [1.82, 2.24) is 19.6 Å². The number of aromatic nitrogens is 4. The Bertz CT molecular complexity index is 1110. The van der Waals surface area contributed by atoms with Crippen molar-refractivity contribution in [2.75, 3.05) is 5.32 Å². The van der Waals surface area contributed by atoms with E-state index in [2.05, 4.69) is 31.4 Å². The SMILES string of the molecule is Cc1c([N+](=O)[O-])c(C(F)(F)F)nn1CC(=O)Nc1cnn(COc2ccc(Br)cc2)c1. The molecule has 0 bridgehead atoms. The lowest BCUT2D eigenvalue weighted by molar-refractivity contribution is -0.388. The van der Waals surface area contributed by atoms with Gasteiger partial charge in [-0.3, -0.25) is 19.6 Å². The van der Waals surface area contributed by atoms with Gasteiger partial charge in [0.1, 0.15) is 18.0 Å². The highest BCUT2D eigenvalue weighted by atomic mass is 79.9. The van der Waals surface area contributed by atoms with Crippen LogP contribution in [0.25, 0.3) is 0 Å². The minimum atomic E-state index is -5.02. The van der Waals surface area contributed by atoms with E-state index in [1.165, 1.54) is 17.1 Å². The third-order valence-corrected chi connectivity index (χ3v) is 4.54. The Labute approximate surface area is 180 Å². The van der Waals surface area contributed by atoms with Gasteiger partial charge in [-0.25, -0.2) is 4.68 Å². The topological polar surface area (TPSA) is 117 Å². The number of anilines is 1. The number of ether oxygens (including phenoxy) is 1. The molecule has 0 aliphatic heterocycles. The zero-order chi connectivity index (χ0) is 22.8. The van der Waals surface area contributed by atoms with E-state index in [1.807, 2.05) is 0 Å². The monoisotopic (exact) mass is 502 g/mol. The number of halogens is 4. The molecule has 0 spiro atoms. The molecule has 164 valence electrons. The fourth-order valence-electron chi connectivity index (χ4n) is 2.61. The van der Waals surface area contributed by atoms with E-state index < -0.39 is 34.9 Å². The fourth-order valence-corrected chi connectivity index (χ4v) is 2.87. The highest BCUT2D eigenvalue weighted by molar-refractivity contribution is 9.10. The van der Waals surface area contributed by atoms with Crippen LogP contribution in [-0.2, 0) is 24.2 Å². The van der Waals surface area contributed by atoms with Crippen LogP contribution in [0, 0.1) is 17.0 Å². The van der Waals surface area contributed by atoms with E-state index in [1.54, 1.807) is 24.3 Å². The van der Waals surface area contributed by atoms with E-state index in [0.29, 0.717) is 10.4 Å². The Balaban J connectivity index is 1.64. The first-order valence-electron chi connectivity index (χ1n) is 8.54. The normalized spacial score (nSPS) is 11.4. The molecule has 0 unspecified atom stereocenters. The first-order valence-corrected chi connectivity index (χ1v) is 9.33. The van der Waals surface area contributed by atoms with Gasteiger partial charge >= 0.3 is 11.9 Å². The number of hydrogen-bond acceptors (Lipinski definition) is 6. The predicted molar refractivity (Wildman–Crippen MR) is 104 cm³/mol. The van der Waals surface area contributed by atoms with Crippen molar-refractivity contribution in [3.63, 3.8) is 0 Å². The Hall–Kier alpha value is -3.42. The highest BCUT2D eigenvalue weighted by Crippen LogP contribution is 2.36. The number of amides is 1. The summed E-state index contributed by atoms with van der Waals surface area (Å²) in [5.74, 6) is -0.136. The first-order chi connectivity index (χ1) is 14.5. The van der Waals surface area contributed by atoms with Gasteiger partial charge in [0.25, 0.3) is 0 Å². The van der Waals surface area contributed by atoms with Crippen molar-refractivity contribution in [2.24, 2.45) is 0 Å². The Morgan fingerprint density at radius 1 is 1.32 bits per heavy atom. The van der Waals surface area contributed by atoms with Gasteiger partial charge < -0.3 is 10.1 Å². The number of alkyl halides is 3. The van der Waals surface area contributed by atoms with E-state index in [0.717, 1.165) is 11.4 Å². The van der Waals surface area contributed by atoms with Gasteiger partial charge in [0, 0.05) is 4.47 Å². The summed E-state index contributed by atoms with van der Waals surface area (Å²) in [6.45, 7) is 0.491. The van der Waals surface area contributed by atoms with Crippen LogP contribution in [-0.4, -0.2) is 30.4 Å². The van der Waals surface area contributed by atoms with Gasteiger partial charge in [-0.05, 0) is 31.2 Å². The first kappa shape index (κ1) is 22.3. The summed E-state index contributed by atoms with van der Waals surface area (Å²) in [7, 11) is 0. The van der Waals surface area contributed by atoms with Gasteiger partial charge in [0.05, 0.1) is 23.0 Å². The van der Waals surface area contributed by atoms with E-state index in [9.17, 15) is 28.1 Å². The minimum absolute atomic E-state index is 0.0525. The number of carbonyl (C=O) groups excluding carboxylic acids is 1. The summed E-state index contributed by atoms with van der Waals surface area (Å²) in [6, 6.07) is 7.10. The largest absolute Gasteiger partial charge is 0.471 e. The summed E-state index contributed by atoms with van der Waals surface area (Å²) >= 11 is 3.31. The number of carbonyl (C=O) groups is 1. The van der Waals surface area contributed by atoms with E-state index in [-0.39, 0.29) is 18.1 Å². The lowest BCUT2D eigenvalue weighted by Crippen LogP contribution is -2.20. The number of benzene rings is 1. The van der Waals surface area contributed by atoms with Crippen molar-refractivity contribution in [1.29, 1.82) is 0 Å². The maximum absolute atomic E-state index is 13.0. The highest BCUT2D eigenvalue weighted by Gasteiger charge is 2.44. The van der Waals surface area contributed by atoms with Crippen LogP contribution < -0.4 is 10.1 Å². The van der Waals surface area contributed by atoms with Crippen LogP contribution in [0.5, 0.6) is 5.75 Å². The molecule has 1 aromatic carbocycles. The molecule has 14 heteroatoms. The Kier molecular flexibility index (Phi) is 6.29. The second-order valence-corrected chi connectivity index (χ2v) is 7.15. The van der Waals surface area contributed by atoms with Gasteiger partial charge in [0.2, 0.25) is 11.6 Å². The van der Waals surface area contributed by atoms with Gasteiger partial charge in [-0.2, -0.15) is 23.4 Å². The Morgan fingerprint density at radius 2 is 2.00 bits per heavy atom. The quantitative estimate of drug-likeness (QED) is 0.388. The zero-order valence-corrected chi connectivity index (χ0v) is 17.3. The molecule has 2 aromatic heterocycles. The van der Waals surface area contributed by atoms with Crippen molar-refractivity contribution in [3.8, 4) is 5.75 Å². The summed E-state index contributed by atoms with van der Waals surface area (Å²) in [6.07, 6.45) is -2.25. The summed E-state index contributed by atoms with van der Waals surface area (Å²) < 4.78 is 47.4. The van der Waals surface area contributed by atoms with Crippen molar-refractivity contribution < 1.29 is 27.6 Å². The van der Waals surface area contributed by atoms with Gasteiger partial charge in [-0.1, -0.05) is 15.9 Å². The minimum Gasteiger partial charge on any atom is -0.471 e. The maximum Gasteiger partial charge on any atom is 0.442 e. The number of hydrogen-bond donors (Lipinski definition) is 1. The Morgan fingerprint density at radius 3 is 2.58 bits per heavy atom.